The summed E-state index contributed by atoms with van der Waals surface area (Å²) in [6, 6.07) is 13.3. The number of ether oxygens (including phenoxy) is 1. The normalized spacial score (nSPS) is 20.2. The Labute approximate surface area is 169 Å². The van der Waals surface area contributed by atoms with Crippen molar-refractivity contribution in [3.05, 3.63) is 54.1 Å². The first-order valence-corrected chi connectivity index (χ1v) is 11.1. The van der Waals surface area contributed by atoms with Gasteiger partial charge in [-0.3, -0.25) is 0 Å². The Bertz CT molecular complexity index is 923. The Morgan fingerprint density at radius 2 is 1.52 bits per heavy atom. The highest BCUT2D eigenvalue weighted by Crippen LogP contribution is 2.36. The maximum Gasteiger partial charge on any atom is 0.573 e. The first kappa shape index (κ1) is 21.6. The number of sulfonamides is 1. The Balaban J connectivity index is 1.73. The molecule has 1 saturated carbocycles. The predicted octanol–water partition coefficient (Wildman–Crippen LogP) is 5.22. The second-order valence-electron chi connectivity index (χ2n) is 7.55. The summed E-state index contributed by atoms with van der Waals surface area (Å²) in [5.74, 6) is -0.149. The Morgan fingerprint density at radius 3 is 2.03 bits per heavy atom. The highest BCUT2D eigenvalue weighted by atomic mass is 32.2. The SMILES string of the molecule is CC(C)S(=O)(=O)NC1CCCC1c1ccc(-c2ccc(OC(F)(F)F)cc2)cc1. The third-order valence-corrected chi connectivity index (χ3v) is 7.08. The molecule has 1 fully saturated rings. The van der Waals surface area contributed by atoms with Gasteiger partial charge in [-0.15, -0.1) is 13.2 Å². The van der Waals surface area contributed by atoms with Crippen molar-refractivity contribution in [1.82, 2.24) is 4.72 Å². The van der Waals surface area contributed by atoms with Crippen LogP contribution in [-0.4, -0.2) is 26.1 Å². The standard InChI is InChI=1S/C21H24F3NO3S/c1-14(2)29(26,27)25-20-5-3-4-19(20)17-8-6-15(7-9-17)16-10-12-18(13-11-16)28-21(22,23)24/h6-14,19-20,25H,3-5H2,1-2H3. The quantitative estimate of drug-likeness (QED) is 0.688. The lowest BCUT2D eigenvalue weighted by atomic mass is 9.93. The monoisotopic (exact) mass is 427 g/mol. The van der Waals surface area contributed by atoms with Crippen LogP contribution >= 0.6 is 0 Å². The van der Waals surface area contributed by atoms with Crippen molar-refractivity contribution in [2.75, 3.05) is 0 Å². The number of alkyl halides is 3. The van der Waals surface area contributed by atoms with Gasteiger partial charge >= 0.3 is 6.36 Å². The summed E-state index contributed by atoms with van der Waals surface area (Å²) in [6.45, 7) is 3.32. The predicted molar refractivity (Wildman–Crippen MR) is 106 cm³/mol. The molecule has 2 aromatic carbocycles. The molecule has 0 bridgehead atoms. The van der Waals surface area contributed by atoms with Crippen molar-refractivity contribution < 1.29 is 26.3 Å². The number of halogens is 3. The average molecular weight is 427 g/mol. The lowest BCUT2D eigenvalue weighted by Gasteiger charge is -2.23. The smallest absolute Gasteiger partial charge is 0.406 e. The molecule has 29 heavy (non-hydrogen) atoms. The molecule has 1 aliphatic carbocycles. The van der Waals surface area contributed by atoms with E-state index in [-0.39, 0.29) is 17.7 Å². The van der Waals surface area contributed by atoms with E-state index in [0.717, 1.165) is 36.0 Å². The zero-order chi connectivity index (χ0) is 21.2. The Morgan fingerprint density at radius 1 is 0.966 bits per heavy atom. The molecule has 2 atom stereocenters. The van der Waals surface area contributed by atoms with Gasteiger partial charge in [-0.25, -0.2) is 13.1 Å². The molecule has 0 heterocycles. The van der Waals surface area contributed by atoms with Gasteiger partial charge in [-0.1, -0.05) is 42.8 Å². The van der Waals surface area contributed by atoms with E-state index in [1.165, 1.54) is 12.1 Å². The van der Waals surface area contributed by atoms with Gasteiger partial charge in [0.2, 0.25) is 10.0 Å². The summed E-state index contributed by atoms with van der Waals surface area (Å²) in [4.78, 5) is 0. The van der Waals surface area contributed by atoms with Crippen LogP contribution in [0.1, 0.15) is 44.6 Å². The van der Waals surface area contributed by atoms with Crippen LogP contribution in [0.4, 0.5) is 13.2 Å². The maximum absolute atomic E-state index is 12.3. The summed E-state index contributed by atoms with van der Waals surface area (Å²) >= 11 is 0. The highest BCUT2D eigenvalue weighted by molar-refractivity contribution is 7.90. The second-order valence-corrected chi connectivity index (χ2v) is 9.82. The maximum atomic E-state index is 12.3. The zero-order valence-corrected chi connectivity index (χ0v) is 17.1. The van der Waals surface area contributed by atoms with Crippen LogP contribution in [0.2, 0.25) is 0 Å². The third kappa shape index (κ3) is 5.51. The lowest BCUT2D eigenvalue weighted by molar-refractivity contribution is -0.274. The molecule has 0 amide bonds. The van der Waals surface area contributed by atoms with Crippen molar-refractivity contribution in [1.29, 1.82) is 0 Å². The van der Waals surface area contributed by atoms with Crippen LogP contribution in [0, 0.1) is 0 Å². The fourth-order valence-corrected chi connectivity index (χ4v) is 4.60. The highest BCUT2D eigenvalue weighted by Gasteiger charge is 2.33. The average Bonchev–Trinajstić information content (AvgIpc) is 3.08. The minimum absolute atomic E-state index is 0.111. The van der Waals surface area contributed by atoms with Crippen molar-refractivity contribution >= 4 is 10.0 Å². The topological polar surface area (TPSA) is 55.4 Å². The summed E-state index contributed by atoms with van der Waals surface area (Å²) < 4.78 is 68.0. The number of hydrogen-bond acceptors (Lipinski definition) is 3. The molecular weight excluding hydrogens is 403 g/mol. The van der Waals surface area contributed by atoms with Crippen LogP contribution in [0.3, 0.4) is 0 Å². The van der Waals surface area contributed by atoms with Gasteiger partial charge in [-0.2, -0.15) is 0 Å². The Hall–Kier alpha value is -2.06. The van der Waals surface area contributed by atoms with Gasteiger partial charge in [0.15, 0.2) is 0 Å². The summed E-state index contributed by atoms with van der Waals surface area (Å²) in [6.07, 6.45) is -2.04. The Kier molecular flexibility index (Phi) is 6.24. The molecule has 4 nitrogen and oxygen atoms in total. The first-order chi connectivity index (χ1) is 13.5. The van der Waals surface area contributed by atoms with E-state index in [1.807, 2.05) is 24.3 Å². The number of rotatable bonds is 6. The number of benzene rings is 2. The fraction of sp³-hybridized carbons (Fsp3) is 0.429. The van der Waals surface area contributed by atoms with Crippen molar-refractivity contribution in [2.24, 2.45) is 0 Å². The van der Waals surface area contributed by atoms with Gasteiger partial charge in [0.25, 0.3) is 0 Å². The molecule has 0 spiro atoms. The fourth-order valence-electron chi connectivity index (χ4n) is 3.62. The molecular formula is C21H24F3NO3S. The van der Waals surface area contributed by atoms with Crippen LogP contribution in [-0.2, 0) is 10.0 Å². The number of hydrogen-bond donors (Lipinski definition) is 1. The van der Waals surface area contributed by atoms with Gasteiger partial charge in [-0.05, 0) is 55.5 Å². The van der Waals surface area contributed by atoms with Crippen LogP contribution in [0.15, 0.2) is 48.5 Å². The second kappa shape index (κ2) is 8.36. The molecule has 158 valence electrons. The summed E-state index contributed by atoms with van der Waals surface area (Å²) in [7, 11) is -3.33. The number of nitrogens with one attached hydrogen (secondary N) is 1. The van der Waals surface area contributed by atoms with E-state index in [2.05, 4.69) is 9.46 Å². The largest absolute Gasteiger partial charge is 0.573 e. The molecule has 0 aromatic heterocycles. The third-order valence-electron chi connectivity index (χ3n) is 5.21. The van der Waals surface area contributed by atoms with Crippen molar-refractivity contribution in [3.8, 4) is 16.9 Å². The van der Waals surface area contributed by atoms with Gasteiger partial charge in [0, 0.05) is 12.0 Å². The van der Waals surface area contributed by atoms with Crippen molar-refractivity contribution in [3.63, 3.8) is 0 Å². The van der Waals surface area contributed by atoms with E-state index < -0.39 is 21.6 Å². The van der Waals surface area contributed by atoms with Gasteiger partial charge < -0.3 is 4.74 Å². The molecule has 8 heteroatoms. The van der Waals surface area contributed by atoms with E-state index in [9.17, 15) is 21.6 Å². The van der Waals surface area contributed by atoms with E-state index in [1.54, 1.807) is 26.0 Å². The molecule has 0 radical (unpaired) electrons. The molecule has 1 aliphatic rings. The molecule has 2 unspecified atom stereocenters. The van der Waals surface area contributed by atoms with Crippen LogP contribution < -0.4 is 9.46 Å². The summed E-state index contributed by atoms with van der Waals surface area (Å²) in [5.41, 5.74) is 2.69. The minimum atomic E-state index is -4.71. The van der Waals surface area contributed by atoms with Crippen LogP contribution in [0.25, 0.3) is 11.1 Å². The molecule has 0 saturated heterocycles. The van der Waals surface area contributed by atoms with Crippen molar-refractivity contribution in [2.45, 2.75) is 56.7 Å². The first-order valence-electron chi connectivity index (χ1n) is 9.52. The lowest BCUT2D eigenvalue weighted by Crippen LogP contribution is -2.40. The zero-order valence-electron chi connectivity index (χ0n) is 16.2. The van der Waals surface area contributed by atoms with E-state index in [4.69, 9.17) is 0 Å². The van der Waals surface area contributed by atoms with Gasteiger partial charge in [0.1, 0.15) is 5.75 Å². The molecule has 0 aliphatic heterocycles. The summed E-state index contributed by atoms with van der Waals surface area (Å²) in [5, 5.41) is -0.476. The molecule has 2 aromatic rings. The van der Waals surface area contributed by atoms with Crippen LogP contribution in [0.5, 0.6) is 5.75 Å². The minimum Gasteiger partial charge on any atom is -0.406 e. The molecule has 3 rings (SSSR count). The molecule has 1 N–H and O–H groups in total. The van der Waals surface area contributed by atoms with E-state index in [0.29, 0.717) is 0 Å². The van der Waals surface area contributed by atoms with Gasteiger partial charge in [0.05, 0.1) is 5.25 Å². The van der Waals surface area contributed by atoms with E-state index >= 15 is 0 Å².